The predicted molar refractivity (Wildman–Crippen MR) is 278 cm³/mol. The number of aryl methyl sites for hydroxylation is 1. The van der Waals surface area contributed by atoms with Gasteiger partial charge in [0.25, 0.3) is 0 Å². The first kappa shape index (κ1) is 55.3. The number of halogens is 2. The number of ether oxygens (including phenoxy) is 2. The maximum Gasteiger partial charge on any atom is 0.325 e. The van der Waals surface area contributed by atoms with Gasteiger partial charge in [-0.2, -0.15) is 4.58 Å². The van der Waals surface area contributed by atoms with E-state index in [1.807, 2.05) is 31.2 Å². The highest BCUT2D eigenvalue weighted by molar-refractivity contribution is 14.0. The fraction of sp³-hybridized carbons (Fsp3) is 0.404. The van der Waals surface area contributed by atoms with Crippen molar-refractivity contribution in [3.05, 3.63) is 126 Å². The van der Waals surface area contributed by atoms with Crippen LogP contribution < -0.4 is 14.4 Å². The van der Waals surface area contributed by atoms with Crippen LogP contribution in [0.25, 0.3) is 18.2 Å². The monoisotopic (exact) mass is 1050 g/mol. The maximum atomic E-state index is 12.0. The lowest BCUT2D eigenvalue weighted by molar-refractivity contribution is -0.697. The molecule has 4 aromatic rings. The molecule has 1 aliphatic heterocycles. The number of allylic oxidation sites excluding steroid dienone is 1. The summed E-state index contributed by atoms with van der Waals surface area (Å²) in [5.41, 5.74) is 8.97. The van der Waals surface area contributed by atoms with E-state index in [0.29, 0.717) is 19.8 Å². The molecule has 2 heterocycles. The van der Waals surface area contributed by atoms with Gasteiger partial charge in [0, 0.05) is 60.7 Å². The molecule has 1 N–H and O–H groups in total. The van der Waals surface area contributed by atoms with Gasteiger partial charge < -0.3 is 24.4 Å². The highest BCUT2D eigenvalue weighted by atomic mass is 127. The molecule has 1 aliphatic rings. The highest BCUT2D eigenvalue weighted by Crippen LogP contribution is 2.39. The number of hydrogen-bond acceptors (Lipinski definition) is 7. The van der Waals surface area contributed by atoms with Crippen molar-refractivity contribution in [3.63, 3.8) is 0 Å². The van der Waals surface area contributed by atoms with Gasteiger partial charge in [0.05, 0.1) is 25.0 Å². The molecular formula is C52H70BrIN4O6+2. The van der Waals surface area contributed by atoms with Gasteiger partial charge in [-0.15, -0.1) is 41.0 Å². The number of pyridine rings is 1. The zero-order valence-corrected chi connectivity index (χ0v) is 42.9. The summed E-state index contributed by atoms with van der Waals surface area (Å²) in [4.78, 5) is 38.6. The largest absolute Gasteiger partial charge is 0.481 e. The van der Waals surface area contributed by atoms with Gasteiger partial charge in [-0.05, 0) is 88.1 Å². The number of carboxylic acid groups (broad SMARTS) is 1. The zero-order chi connectivity index (χ0) is 44.9. The molecular weight excluding hydrogens is 983 g/mol. The van der Waals surface area contributed by atoms with Gasteiger partial charge in [0.1, 0.15) is 26.7 Å². The SMILES string of the molecule is Br.CCCCCCC[n+]1ccc(/C=C/c2ccc(N(CC(=O)OCC)CC(=O)OCC)cc2)cc1.CCN(CCC(=O)O)c1ccc(/C=C/C2=[N+](C)c3ccccc3C2(C)C)cc1.I. The van der Waals surface area contributed by atoms with E-state index in [1.54, 1.807) is 18.7 Å². The Morgan fingerprint density at radius 1 is 0.672 bits per heavy atom. The van der Waals surface area contributed by atoms with Crippen molar-refractivity contribution in [2.45, 2.75) is 92.0 Å². The third-order valence-electron chi connectivity index (χ3n) is 11.0. The molecule has 0 spiro atoms. The Bertz CT molecular complexity index is 2120. The van der Waals surface area contributed by atoms with E-state index in [2.05, 4.69) is 139 Å². The number of carbonyl (C=O) groups is 3. The van der Waals surface area contributed by atoms with Crippen LogP contribution in [0.1, 0.15) is 102 Å². The Balaban J connectivity index is 0.000000433. The lowest BCUT2D eigenvalue weighted by atomic mass is 9.81. The molecule has 346 valence electrons. The Hall–Kier alpha value is -4.82. The Morgan fingerprint density at radius 2 is 1.17 bits per heavy atom. The third-order valence-corrected chi connectivity index (χ3v) is 11.0. The number of nitrogens with zero attached hydrogens (tertiary/aromatic N) is 4. The minimum Gasteiger partial charge on any atom is -0.481 e. The van der Waals surface area contributed by atoms with Gasteiger partial charge >= 0.3 is 17.9 Å². The van der Waals surface area contributed by atoms with E-state index < -0.39 is 5.97 Å². The van der Waals surface area contributed by atoms with Crippen molar-refractivity contribution in [1.29, 1.82) is 0 Å². The smallest absolute Gasteiger partial charge is 0.325 e. The predicted octanol–water partition coefficient (Wildman–Crippen LogP) is 11.0. The van der Waals surface area contributed by atoms with Gasteiger partial charge in [0.15, 0.2) is 18.1 Å². The number of esters is 2. The Morgan fingerprint density at radius 3 is 1.67 bits per heavy atom. The molecule has 1 aromatic heterocycles. The number of unbranched alkanes of at least 4 members (excludes halogenated alkanes) is 4. The van der Waals surface area contributed by atoms with Crippen LogP contribution >= 0.6 is 41.0 Å². The fourth-order valence-electron chi connectivity index (χ4n) is 7.55. The molecule has 0 saturated carbocycles. The first-order valence-corrected chi connectivity index (χ1v) is 22.2. The minimum atomic E-state index is -0.765. The highest BCUT2D eigenvalue weighted by Gasteiger charge is 2.42. The molecule has 0 aliphatic carbocycles. The van der Waals surface area contributed by atoms with Crippen LogP contribution in [0.4, 0.5) is 17.1 Å². The number of aliphatic carboxylic acids is 1. The average molecular weight is 1050 g/mol. The van der Waals surface area contributed by atoms with Crippen LogP contribution in [0.3, 0.4) is 0 Å². The normalized spacial score (nSPS) is 12.4. The number of rotatable bonds is 22. The van der Waals surface area contributed by atoms with E-state index in [9.17, 15) is 14.4 Å². The second-order valence-corrected chi connectivity index (χ2v) is 15.9. The topological polar surface area (TPSA) is 103 Å². The summed E-state index contributed by atoms with van der Waals surface area (Å²) in [7, 11) is 2.12. The minimum absolute atomic E-state index is 0. The summed E-state index contributed by atoms with van der Waals surface area (Å²) < 4.78 is 14.6. The van der Waals surface area contributed by atoms with Crippen molar-refractivity contribution < 1.29 is 38.1 Å². The summed E-state index contributed by atoms with van der Waals surface area (Å²) in [5, 5.41) is 8.91. The molecule has 0 fully saturated rings. The van der Waals surface area contributed by atoms with E-state index >= 15 is 0 Å². The van der Waals surface area contributed by atoms with Crippen molar-refractivity contribution in [2.75, 3.05) is 56.2 Å². The lowest BCUT2D eigenvalue weighted by Crippen LogP contribution is -2.36. The van der Waals surface area contributed by atoms with Crippen LogP contribution in [-0.2, 0) is 35.8 Å². The number of carbonyl (C=O) groups excluding carboxylic acids is 2. The molecule has 3 aromatic carbocycles. The van der Waals surface area contributed by atoms with Gasteiger partial charge in [-0.1, -0.05) is 80.8 Å². The standard InChI is InChI=1S/C28H39N2O4.C24H28N2O2.BrH.HI/c1-4-7-8-9-10-19-29-20-17-25(18-21-29)12-11-24-13-15-26(16-14-24)30(22-27(31)33-5-2)23-28(32)34-6-3;1-5-26(17-16-23(27)28)19-13-10-18(11-14-19)12-15-22-24(2,3)20-8-6-7-9-21(20)25(22)4;;/h11-18,20-21H,4-10,19,22-23H2,1-3H3;6-15H,5,16-17H2,1-4H3;2*1H/q+1;;;/p+1. The number of hydrogen-bond donors (Lipinski definition) is 1. The van der Waals surface area contributed by atoms with Crippen LogP contribution in [0.5, 0.6) is 0 Å². The Kier molecular flexibility index (Phi) is 24.9. The number of para-hydroxylation sites is 1. The first-order valence-electron chi connectivity index (χ1n) is 22.2. The van der Waals surface area contributed by atoms with E-state index in [-0.39, 0.29) is 77.8 Å². The second-order valence-electron chi connectivity index (χ2n) is 15.9. The van der Waals surface area contributed by atoms with Gasteiger partial charge in [-0.25, -0.2) is 4.57 Å². The lowest BCUT2D eigenvalue weighted by Gasteiger charge is -2.22. The van der Waals surface area contributed by atoms with Crippen molar-refractivity contribution >= 4 is 99.9 Å². The molecule has 0 radical (unpaired) electrons. The molecule has 0 unspecified atom stereocenters. The number of carboxylic acids is 1. The van der Waals surface area contributed by atoms with Gasteiger partial charge in [-0.3, -0.25) is 14.4 Å². The molecule has 0 saturated heterocycles. The Labute approximate surface area is 409 Å². The second kappa shape index (κ2) is 28.9. The van der Waals surface area contributed by atoms with Crippen LogP contribution in [-0.4, -0.2) is 79.7 Å². The van der Waals surface area contributed by atoms with Gasteiger partial charge in [0.2, 0.25) is 5.69 Å². The zero-order valence-electron chi connectivity index (χ0n) is 38.8. The quantitative estimate of drug-likeness (QED) is 0.0359. The van der Waals surface area contributed by atoms with E-state index in [4.69, 9.17) is 14.6 Å². The van der Waals surface area contributed by atoms with Crippen LogP contribution in [0, 0.1) is 0 Å². The first-order chi connectivity index (χ1) is 29.9. The summed E-state index contributed by atoms with van der Waals surface area (Å²) in [6.07, 6.45) is 19.3. The van der Waals surface area contributed by atoms with Crippen molar-refractivity contribution in [2.24, 2.45) is 0 Å². The van der Waals surface area contributed by atoms with Crippen molar-refractivity contribution in [3.8, 4) is 0 Å². The average Bonchev–Trinajstić information content (AvgIpc) is 3.46. The van der Waals surface area contributed by atoms with Crippen LogP contribution in [0.2, 0.25) is 0 Å². The molecule has 10 nitrogen and oxygen atoms in total. The molecule has 0 atom stereocenters. The summed E-state index contributed by atoms with van der Waals surface area (Å²) >= 11 is 0. The molecule has 64 heavy (non-hydrogen) atoms. The number of benzene rings is 3. The number of anilines is 2. The number of fused-ring (bicyclic) bond motifs is 1. The molecule has 0 bridgehead atoms. The summed E-state index contributed by atoms with van der Waals surface area (Å²) in [6, 6.07) is 28.8. The molecule has 0 amide bonds. The molecule has 12 heteroatoms. The van der Waals surface area contributed by atoms with E-state index in [1.165, 1.54) is 49.1 Å². The summed E-state index contributed by atoms with van der Waals surface area (Å²) in [5.74, 6) is -1.52. The van der Waals surface area contributed by atoms with Crippen LogP contribution in [0.15, 0.2) is 103 Å². The summed E-state index contributed by atoms with van der Waals surface area (Å²) in [6.45, 7) is 15.3. The maximum absolute atomic E-state index is 12.0. The third kappa shape index (κ3) is 17.3. The van der Waals surface area contributed by atoms with Crippen molar-refractivity contribution in [1.82, 2.24) is 0 Å². The molecule has 5 rings (SSSR count). The number of aromatic nitrogens is 1. The fourth-order valence-corrected chi connectivity index (χ4v) is 7.55. The van der Waals surface area contributed by atoms with E-state index in [0.717, 1.165) is 41.2 Å².